The van der Waals surface area contributed by atoms with E-state index in [1.165, 1.54) is 5.56 Å². The van der Waals surface area contributed by atoms with Crippen LogP contribution in [0.2, 0.25) is 0 Å². The van der Waals surface area contributed by atoms with Crippen LogP contribution in [0.1, 0.15) is 23.1 Å². The van der Waals surface area contributed by atoms with Crippen molar-refractivity contribution in [2.45, 2.75) is 33.0 Å². The van der Waals surface area contributed by atoms with Gasteiger partial charge >= 0.3 is 0 Å². The molecular weight excluding hydrogens is 432 g/mol. The normalized spacial score (nSPS) is 10.7. The molecule has 0 spiro atoms. The molecule has 7 heteroatoms. The van der Waals surface area contributed by atoms with Gasteiger partial charge in [0, 0.05) is 25.1 Å². The summed E-state index contributed by atoms with van der Waals surface area (Å²) in [7, 11) is 0. The lowest BCUT2D eigenvalue weighted by atomic mass is 10.1. The molecule has 0 radical (unpaired) electrons. The second-order valence-corrected chi connectivity index (χ2v) is 8.15. The molecule has 1 aromatic heterocycles. The Bertz CT molecular complexity index is 1260. The number of aromatic nitrogens is 3. The lowest BCUT2D eigenvalue weighted by Crippen LogP contribution is -2.24. The van der Waals surface area contributed by atoms with Crippen molar-refractivity contribution in [3.8, 4) is 17.1 Å². The summed E-state index contributed by atoms with van der Waals surface area (Å²) in [6.45, 7) is 3.37. The summed E-state index contributed by atoms with van der Waals surface area (Å²) in [5, 5.41) is 10.2. The number of carbonyl (C=O) groups excluding carboxylic acids is 1. The number of aromatic amines is 1. The first-order valence-electron chi connectivity index (χ1n) is 10.8. The topological polar surface area (TPSA) is 71.9 Å². The Labute approximate surface area is 198 Å². The maximum atomic E-state index is 12.6. The maximum absolute atomic E-state index is 12.6. The highest BCUT2D eigenvalue weighted by atomic mass is 32.1. The number of nitrogens with zero attached hydrogens (tertiary/aromatic N) is 2. The van der Waals surface area contributed by atoms with Crippen LogP contribution in [0.15, 0.2) is 78.9 Å². The molecule has 168 valence electrons. The van der Waals surface area contributed by atoms with Crippen LogP contribution < -0.4 is 10.1 Å². The van der Waals surface area contributed by atoms with E-state index < -0.39 is 0 Å². The molecular formula is C26H26N4O2S. The highest BCUT2D eigenvalue weighted by molar-refractivity contribution is 7.71. The van der Waals surface area contributed by atoms with Crippen molar-refractivity contribution in [3.63, 3.8) is 0 Å². The highest BCUT2D eigenvalue weighted by Crippen LogP contribution is 2.18. The van der Waals surface area contributed by atoms with E-state index in [4.69, 9.17) is 17.0 Å². The van der Waals surface area contributed by atoms with Crippen LogP contribution >= 0.6 is 12.2 Å². The Balaban J connectivity index is 1.34. The number of nitrogens with one attached hydrogen (secondary N) is 2. The molecule has 1 amide bonds. The second kappa shape index (κ2) is 10.7. The molecule has 0 atom stereocenters. The summed E-state index contributed by atoms with van der Waals surface area (Å²) in [5.74, 6) is 1.50. The van der Waals surface area contributed by atoms with E-state index in [-0.39, 0.29) is 5.91 Å². The van der Waals surface area contributed by atoms with Crippen molar-refractivity contribution in [1.29, 1.82) is 0 Å². The fraction of sp³-hybridized carbons (Fsp3) is 0.192. The van der Waals surface area contributed by atoms with Crippen LogP contribution in [-0.4, -0.2) is 20.7 Å². The molecule has 2 N–H and O–H groups in total. The van der Waals surface area contributed by atoms with Crippen LogP contribution in [0, 0.1) is 11.7 Å². The van der Waals surface area contributed by atoms with Crippen molar-refractivity contribution < 1.29 is 9.53 Å². The number of benzene rings is 3. The molecule has 4 aromatic rings. The van der Waals surface area contributed by atoms with Crippen LogP contribution in [0.3, 0.4) is 0 Å². The molecule has 4 rings (SSSR count). The van der Waals surface area contributed by atoms with E-state index in [0.29, 0.717) is 30.9 Å². The van der Waals surface area contributed by atoms with Crippen molar-refractivity contribution in [3.05, 3.63) is 100 Å². The fourth-order valence-corrected chi connectivity index (χ4v) is 3.72. The largest absolute Gasteiger partial charge is 0.489 e. The van der Waals surface area contributed by atoms with Gasteiger partial charge in [-0.1, -0.05) is 72.3 Å². The molecule has 1 heterocycles. The van der Waals surface area contributed by atoms with Crippen LogP contribution in [0.4, 0.5) is 0 Å². The molecule has 0 unspecified atom stereocenters. The Kier molecular flexibility index (Phi) is 7.32. The van der Waals surface area contributed by atoms with E-state index in [1.54, 1.807) is 0 Å². The molecule has 6 nitrogen and oxygen atoms in total. The number of aryl methyl sites for hydroxylation is 1. The number of amides is 1. The quantitative estimate of drug-likeness (QED) is 0.338. The predicted octanol–water partition coefficient (Wildman–Crippen LogP) is 5.20. The van der Waals surface area contributed by atoms with Gasteiger partial charge in [-0.15, -0.1) is 0 Å². The summed E-state index contributed by atoms with van der Waals surface area (Å²) in [4.78, 5) is 12.6. The zero-order chi connectivity index (χ0) is 23.0. The zero-order valence-corrected chi connectivity index (χ0v) is 19.3. The number of carbonyl (C=O) groups is 1. The van der Waals surface area contributed by atoms with Crippen molar-refractivity contribution in [2.75, 3.05) is 0 Å². The Morgan fingerprint density at radius 1 is 1.00 bits per heavy atom. The van der Waals surface area contributed by atoms with E-state index in [9.17, 15) is 4.79 Å². The average molecular weight is 459 g/mol. The predicted molar refractivity (Wildman–Crippen MR) is 131 cm³/mol. The highest BCUT2D eigenvalue weighted by Gasteiger charge is 2.11. The minimum absolute atomic E-state index is 0.0493. The maximum Gasteiger partial charge on any atom is 0.222 e. The number of H-pyrrole nitrogens is 1. The number of hydrogen-bond donors (Lipinski definition) is 2. The molecule has 0 bridgehead atoms. The van der Waals surface area contributed by atoms with Gasteiger partial charge in [-0.3, -0.25) is 14.5 Å². The number of hydrogen-bond acceptors (Lipinski definition) is 4. The average Bonchev–Trinajstić information content (AvgIpc) is 3.22. The third kappa shape index (κ3) is 5.96. The standard InChI is InChI=1S/C26H26N4O2S/c1-19-11-13-20(14-12-19)25-28-29-26(33)30(25)16-15-24(31)27-17-21-7-5-6-8-22(21)18-32-23-9-3-2-4-10-23/h2-14H,15-18H2,1H3,(H,27,31)(H,29,33). The Hall–Kier alpha value is -3.71. The minimum atomic E-state index is -0.0493. The van der Waals surface area contributed by atoms with E-state index in [1.807, 2.05) is 90.4 Å². The van der Waals surface area contributed by atoms with Gasteiger partial charge in [0.05, 0.1) is 0 Å². The summed E-state index contributed by atoms with van der Waals surface area (Å²) in [5.41, 5.74) is 4.20. The van der Waals surface area contributed by atoms with Gasteiger partial charge in [0.15, 0.2) is 10.6 Å². The minimum Gasteiger partial charge on any atom is -0.489 e. The molecule has 0 aliphatic carbocycles. The summed E-state index contributed by atoms with van der Waals surface area (Å²) < 4.78 is 8.24. The first kappa shape index (κ1) is 22.5. The number of ether oxygens (including phenoxy) is 1. The van der Waals surface area contributed by atoms with Gasteiger partial charge in [-0.2, -0.15) is 5.10 Å². The zero-order valence-electron chi connectivity index (χ0n) is 18.5. The van der Waals surface area contributed by atoms with E-state index in [0.717, 1.165) is 28.3 Å². The van der Waals surface area contributed by atoms with Gasteiger partial charge in [0.2, 0.25) is 5.91 Å². The summed E-state index contributed by atoms with van der Waals surface area (Å²) >= 11 is 5.38. The molecule has 0 saturated carbocycles. The lowest BCUT2D eigenvalue weighted by molar-refractivity contribution is -0.121. The fourth-order valence-electron chi connectivity index (χ4n) is 3.49. The van der Waals surface area contributed by atoms with Gasteiger partial charge < -0.3 is 10.1 Å². The lowest BCUT2D eigenvalue weighted by Gasteiger charge is -2.12. The Morgan fingerprint density at radius 3 is 2.45 bits per heavy atom. The first-order valence-corrected chi connectivity index (χ1v) is 11.2. The van der Waals surface area contributed by atoms with E-state index >= 15 is 0 Å². The van der Waals surface area contributed by atoms with Crippen molar-refractivity contribution in [1.82, 2.24) is 20.1 Å². The third-order valence-electron chi connectivity index (χ3n) is 5.36. The van der Waals surface area contributed by atoms with Gasteiger partial charge in [0.25, 0.3) is 0 Å². The monoisotopic (exact) mass is 458 g/mol. The first-order chi connectivity index (χ1) is 16.1. The van der Waals surface area contributed by atoms with Crippen LogP contribution in [0.25, 0.3) is 11.4 Å². The molecule has 0 fully saturated rings. The third-order valence-corrected chi connectivity index (χ3v) is 5.67. The van der Waals surface area contributed by atoms with E-state index in [2.05, 4.69) is 15.5 Å². The van der Waals surface area contributed by atoms with Gasteiger partial charge in [0.1, 0.15) is 12.4 Å². The van der Waals surface area contributed by atoms with Crippen LogP contribution in [0.5, 0.6) is 5.75 Å². The smallest absolute Gasteiger partial charge is 0.222 e. The molecule has 0 aliphatic heterocycles. The van der Waals surface area contributed by atoms with Gasteiger partial charge in [-0.25, -0.2) is 0 Å². The summed E-state index contributed by atoms with van der Waals surface area (Å²) in [6, 6.07) is 25.7. The van der Waals surface area contributed by atoms with Crippen LogP contribution in [-0.2, 0) is 24.5 Å². The number of rotatable bonds is 9. The SMILES string of the molecule is Cc1ccc(-c2n[nH]c(=S)n2CCC(=O)NCc2ccccc2COc2ccccc2)cc1. The molecule has 3 aromatic carbocycles. The number of para-hydroxylation sites is 1. The van der Waals surface area contributed by atoms with Crippen molar-refractivity contribution >= 4 is 18.1 Å². The Morgan fingerprint density at radius 2 is 1.70 bits per heavy atom. The second-order valence-electron chi connectivity index (χ2n) is 7.77. The van der Waals surface area contributed by atoms with Gasteiger partial charge in [-0.05, 0) is 42.4 Å². The summed E-state index contributed by atoms with van der Waals surface area (Å²) in [6.07, 6.45) is 0.301. The molecule has 0 aliphatic rings. The van der Waals surface area contributed by atoms with Crippen molar-refractivity contribution in [2.24, 2.45) is 0 Å². The molecule has 33 heavy (non-hydrogen) atoms. The molecule has 0 saturated heterocycles.